The van der Waals surface area contributed by atoms with Crippen molar-refractivity contribution in [2.45, 2.75) is 6.42 Å². The number of halogens is 1. The van der Waals surface area contributed by atoms with E-state index in [-0.39, 0.29) is 17.3 Å². The van der Waals surface area contributed by atoms with Crippen LogP contribution in [0.15, 0.2) is 18.3 Å². The number of aromatic carboxylic acids is 1. The number of carboxylic acid groups (broad SMARTS) is 1. The number of hydrogen-bond donors (Lipinski definition) is 2. The molecule has 5 heteroatoms. The molecule has 1 rings (SSSR count). The quantitative estimate of drug-likeness (QED) is 0.770. The molecule has 0 spiro atoms. The van der Waals surface area contributed by atoms with Gasteiger partial charge in [-0.05, 0) is 18.1 Å². The lowest BCUT2D eigenvalue weighted by atomic mass is 10.2. The van der Waals surface area contributed by atoms with Crippen molar-refractivity contribution in [1.29, 1.82) is 0 Å². The van der Waals surface area contributed by atoms with Gasteiger partial charge in [-0.25, -0.2) is 9.78 Å². The number of aliphatic hydroxyl groups is 1. The third-order valence-corrected chi connectivity index (χ3v) is 2.00. The van der Waals surface area contributed by atoms with E-state index >= 15 is 0 Å². The van der Waals surface area contributed by atoms with Crippen LogP contribution in [0.1, 0.15) is 22.3 Å². The van der Waals surface area contributed by atoms with Crippen LogP contribution in [0.4, 0.5) is 0 Å². The second-order valence-corrected chi connectivity index (χ2v) is 3.18. The first-order valence-corrected chi connectivity index (χ1v) is 4.69. The van der Waals surface area contributed by atoms with E-state index in [0.29, 0.717) is 12.0 Å². The topological polar surface area (TPSA) is 70.4 Å². The van der Waals surface area contributed by atoms with Gasteiger partial charge in [0.1, 0.15) is 5.15 Å². The molecule has 4 nitrogen and oxygen atoms in total. The zero-order chi connectivity index (χ0) is 11.3. The van der Waals surface area contributed by atoms with Gasteiger partial charge in [-0.1, -0.05) is 23.8 Å². The Morgan fingerprint density at radius 1 is 1.60 bits per heavy atom. The van der Waals surface area contributed by atoms with Crippen LogP contribution in [0, 0.1) is 0 Å². The summed E-state index contributed by atoms with van der Waals surface area (Å²) in [5.74, 6) is -1.11. The molecular formula is C10H10ClNO3. The maximum atomic E-state index is 10.7. The van der Waals surface area contributed by atoms with E-state index in [2.05, 4.69) is 4.98 Å². The van der Waals surface area contributed by atoms with Gasteiger partial charge in [0.15, 0.2) is 0 Å². The molecule has 0 aromatic carbocycles. The molecule has 0 aliphatic carbocycles. The fraction of sp³-hybridized carbons (Fsp3) is 0.200. The molecule has 2 N–H and O–H groups in total. The fourth-order valence-corrected chi connectivity index (χ4v) is 1.18. The summed E-state index contributed by atoms with van der Waals surface area (Å²) in [6.45, 7) is 0.0588. The number of rotatable bonds is 4. The highest BCUT2D eigenvalue weighted by molar-refractivity contribution is 6.32. The van der Waals surface area contributed by atoms with E-state index in [1.165, 1.54) is 12.3 Å². The second-order valence-electron chi connectivity index (χ2n) is 2.83. The summed E-state index contributed by atoms with van der Waals surface area (Å²) in [7, 11) is 0. The lowest BCUT2D eigenvalue weighted by Gasteiger charge is -1.99. The predicted molar refractivity (Wildman–Crippen MR) is 56.9 cm³/mol. The van der Waals surface area contributed by atoms with Gasteiger partial charge in [-0.3, -0.25) is 0 Å². The number of carboxylic acids is 1. The third kappa shape index (κ3) is 3.34. The van der Waals surface area contributed by atoms with E-state index < -0.39 is 5.97 Å². The number of aliphatic hydroxyl groups excluding tert-OH is 1. The van der Waals surface area contributed by atoms with Gasteiger partial charge in [0.2, 0.25) is 0 Å². The Balaban J connectivity index is 2.92. The Morgan fingerprint density at radius 2 is 2.33 bits per heavy atom. The van der Waals surface area contributed by atoms with Crippen LogP contribution < -0.4 is 0 Å². The number of pyridine rings is 1. The van der Waals surface area contributed by atoms with Gasteiger partial charge in [0.25, 0.3) is 0 Å². The van der Waals surface area contributed by atoms with Crippen molar-refractivity contribution in [3.05, 3.63) is 34.6 Å². The normalized spacial score (nSPS) is 10.8. The minimum atomic E-state index is -1.11. The van der Waals surface area contributed by atoms with Crippen molar-refractivity contribution < 1.29 is 15.0 Å². The molecular weight excluding hydrogens is 218 g/mol. The second kappa shape index (κ2) is 5.48. The molecule has 0 aliphatic heterocycles. The highest BCUT2D eigenvalue weighted by Gasteiger charge is 2.09. The van der Waals surface area contributed by atoms with Crippen LogP contribution in [0.25, 0.3) is 6.08 Å². The SMILES string of the molecule is O=C(O)c1cc(C=CCCO)cnc1Cl. The van der Waals surface area contributed by atoms with Crippen molar-refractivity contribution >= 4 is 23.6 Å². The van der Waals surface area contributed by atoms with Crippen LogP contribution in [0.2, 0.25) is 5.15 Å². The zero-order valence-electron chi connectivity index (χ0n) is 7.85. The minimum absolute atomic E-state index is 0.0252. The van der Waals surface area contributed by atoms with Crippen LogP contribution >= 0.6 is 11.6 Å². The lowest BCUT2D eigenvalue weighted by Crippen LogP contribution is -1.99. The Hall–Kier alpha value is -1.39. The van der Waals surface area contributed by atoms with Gasteiger partial charge in [-0.2, -0.15) is 0 Å². The molecule has 1 aromatic rings. The summed E-state index contributed by atoms with van der Waals surface area (Å²) in [6, 6.07) is 1.44. The predicted octanol–water partition coefficient (Wildman–Crippen LogP) is 1.83. The molecule has 0 radical (unpaired) electrons. The standard InChI is InChI=1S/C10H10ClNO3/c11-9-8(10(14)15)5-7(6-12-9)3-1-2-4-13/h1,3,5-6,13H,2,4H2,(H,14,15). The summed E-state index contributed by atoms with van der Waals surface area (Å²) in [5.41, 5.74) is 0.619. The zero-order valence-corrected chi connectivity index (χ0v) is 8.61. The molecule has 0 saturated carbocycles. The molecule has 0 amide bonds. The summed E-state index contributed by atoms with van der Waals surface area (Å²) in [6.07, 6.45) is 5.41. The monoisotopic (exact) mass is 227 g/mol. The smallest absolute Gasteiger partial charge is 0.338 e. The first kappa shape index (κ1) is 11.7. The summed E-state index contributed by atoms with van der Waals surface area (Å²) in [4.78, 5) is 14.5. The first-order chi connectivity index (χ1) is 7.15. The van der Waals surface area contributed by atoms with Crippen molar-refractivity contribution in [1.82, 2.24) is 4.98 Å². The van der Waals surface area contributed by atoms with E-state index in [1.54, 1.807) is 12.2 Å². The highest BCUT2D eigenvalue weighted by atomic mass is 35.5. The molecule has 0 saturated heterocycles. The largest absolute Gasteiger partial charge is 0.478 e. The van der Waals surface area contributed by atoms with Crippen LogP contribution in [-0.2, 0) is 0 Å². The average molecular weight is 228 g/mol. The van der Waals surface area contributed by atoms with Crippen molar-refractivity contribution in [2.24, 2.45) is 0 Å². The van der Waals surface area contributed by atoms with Gasteiger partial charge < -0.3 is 10.2 Å². The van der Waals surface area contributed by atoms with Crippen molar-refractivity contribution in [2.75, 3.05) is 6.61 Å². The number of carbonyl (C=O) groups is 1. The molecule has 1 heterocycles. The fourth-order valence-electron chi connectivity index (χ4n) is 0.999. The lowest BCUT2D eigenvalue weighted by molar-refractivity contribution is 0.0696. The molecule has 0 unspecified atom stereocenters. The van der Waals surface area contributed by atoms with E-state index in [0.717, 1.165) is 0 Å². The van der Waals surface area contributed by atoms with E-state index in [1.807, 2.05) is 0 Å². The molecule has 15 heavy (non-hydrogen) atoms. The van der Waals surface area contributed by atoms with Gasteiger partial charge in [0, 0.05) is 12.8 Å². The minimum Gasteiger partial charge on any atom is -0.478 e. The Kier molecular flexibility index (Phi) is 4.27. The van der Waals surface area contributed by atoms with Gasteiger partial charge in [-0.15, -0.1) is 0 Å². The van der Waals surface area contributed by atoms with E-state index in [9.17, 15) is 4.79 Å². The highest BCUT2D eigenvalue weighted by Crippen LogP contribution is 2.15. The summed E-state index contributed by atoms with van der Waals surface area (Å²) in [5, 5.41) is 17.3. The number of nitrogens with zero attached hydrogens (tertiary/aromatic N) is 1. The van der Waals surface area contributed by atoms with Crippen molar-refractivity contribution in [3.8, 4) is 0 Å². The first-order valence-electron chi connectivity index (χ1n) is 4.31. The molecule has 0 fully saturated rings. The summed E-state index contributed by atoms with van der Waals surface area (Å²) < 4.78 is 0. The maximum Gasteiger partial charge on any atom is 0.338 e. The molecule has 0 aliphatic rings. The van der Waals surface area contributed by atoms with E-state index in [4.69, 9.17) is 21.8 Å². The number of hydrogen-bond acceptors (Lipinski definition) is 3. The molecule has 80 valence electrons. The average Bonchev–Trinajstić information content (AvgIpc) is 2.20. The third-order valence-electron chi connectivity index (χ3n) is 1.70. The Bertz CT molecular complexity index is 390. The molecule has 1 aromatic heterocycles. The number of aromatic nitrogens is 1. The van der Waals surface area contributed by atoms with Gasteiger partial charge in [0.05, 0.1) is 5.56 Å². The van der Waals surface area contributed by atoms with Crippen molar-refractivity contribution in [3.63, 3.8) is 0 Å². The molecule has 0 atom stereocenters. The Morgan fingerprint density at radius 3 is 2.93 bits per heavy atom. The Labute approximate surface area is 91.8 Å². The van der Waals surface area contributed by atoms with Gasteiger partial charge >= 0.3 is 5.97 Å². The maximum absolute atomic E-state index is 10.7. The van der Waals surface area contributed by atoms with Crippen LogP contribution in [0.3, 0.4) is 0 Å². The van der Waals surface area contributed by atoms with Crippen LogP contribution in [0.5, 0.6) is 0 Å². The summed E-state index contributed by atoms with van der Waals surface area (Å²) >= 11 is 5.60. The molecule has 0 bridgehead atoms. The van der Waals surface area contributed by atoms with Crippen LogP contribution in [-0.4, -0.2) is 27.8 Å².